The van der Waals surface area contributed by atoms with Crippen LogP contribution in [0.2, 0.25) is 0 Å². The van der Waals surface area contributed by atoms with Crippen LogP contribution in [0.15, 0.2) is 48.7 Å². The van der Waals surface area contributed by atoms with Gasteiger partial charge in [-0.1, -0.05) is 24.3 Å². The highest BCUT2D eigenvalue weighted by atomic mass is 16.5. The minimum atomic E-state index is 0.0466. The van der Waals surface area contributed by atoms with Crippen molar-refractivity contribution < 1.29 is 14.6 Å². The molecule has 0 bridgehead atoms. The lowest BCUT2D eigenvalue weighted by Crippen LogP contribution is -2.54. The van der Waals surface area contributed by atoms with Crippen molar-refractivity contribution in [3.05, 3.63) is 54.2 Å². The molecule has 5 heterocycles. The molecule has 2 aromatic heterocycles. The number of hydrogen-bond acceptors (Lipinski definition) is 8. The van der Waals surface area contributed by atoms with Crippen LogP contribution >= 0.6 is 0 Å². The number of nitrogens with zero attached hydrogens (tertiary/aromatic N) is 5. The zero-order valence-electron chi connectivity index (χ0n) is 19.8. The van der Waals surface area contributed by atoms with E-state index in [1.165, 1.54) is 5.57 Å². The van der Waals surface area contributed by atoms with E-state index in [2.05, 4.69) is 34.1 Å². The normalized spacial score (nSPS) is 19.5. The van der Waals surface area contributed by atoms with Gasteiger partial charge in [0.1, 0.15) is 11.9 Å². The van der Waals surface area contributed by atoms with Crippen LogP contribution in [0.25, 0.3) is 16.5 Å². The molecule has 8 nitrogen and oxygen atoms in total. The van der Waals surface area contributed by atoms with Crippen molar-refractivity contribution in [2.45, 2.75) is 25.4 Å². The van der Waals surface area contributed by atoms with E-state index in [4.69, 9.17) is 24.4 Å². The second-order valence-corrected chi connectivity index (χ2v) is 9.56. The summed E-state index contributed by atoms with van der Waals surface area (Å²) < 4.78 is 12.0. The van der Waals surface area contributed by atoms with E-state index in [-0.39, 0.29) is 12.7 Å². The maximum Gasteiger partial charge on any atom is 0.228 e. The maximum absolute atomic E-state index is 9.47. The third-order valence-corrected chi connectivity index (χ3v) is 7.24. The Morgan fingerprint density at radius 1 is 1.03 bits per heavy atom. The van der Waals surface area contributed by atoms with E-state index in [0.717, 1.165) is 67.7 Å². The lowest BCUT2D eigenvalue weighted by atomic mass is 9.98. The van der Waals surface area contributed by atoms with Gasteiger partial charge in [0.05, 0.1) is 37.4 Å². The van der Waals surface area contributed by atoms with E-state index < -0.39 is 0 Å². The topological polar surface area (TPSA) is 83.8 Å². The Kier molecular flexibility index (Phi) is 6.22. The van der Waals surface area contributed by atoms with Gasteiger partial charge in [-0.2, -0.15) is 4.98 Å². The van der Waals surface area contributed by atoms with E-state index in [9.17, 15) is 5.11 Å². The van der Waals surface area contributed by atoms with Gasteiger partial charge < -0.3 is 24.4 Å². The average molecular weight is 474 g/mol. The van der Waals surface area contributed by atoms with Gasteiger partial charge in [0.25, 0.3) is 0 Å². The van der Waals surface area contributed by atoms with Crippen LogP contribution in [0.3, 0.4) is 0 Å². The van der Waals surface area contributed by atoms with Crippen molar-refractivity contribution >= 4 is 28.2 Å². The van der Waals surface area contributed by atoms with E-state index in [1.54, 1.807) is 0 Å². The molecule has 35 heavy (non-hydrogen) atoms. The monoisotopic (exact) mass is 473 g/mol. The molecule has 3 aliphatic rings. The Morgan fingerprint density at radius 3 is 2.69 bits per heavy atom. The van der Waals surface area contributed by atoms with Gasteiger partial charge in [-0.15, -0.1) is 0 Å². The first kappa shape index (κ1) is 22.2. The van der Waals surface area contributed by atoms with Crippen molar-refractivity contribution in [3.8, 4) is 5.88 Å². The third kappa shape index (κ3) is 4.68. The molecule has 0 aliphatic carbocycles. The van der Waals surface area contributed by atoms with Gasteiger partial charge in [0.15, 0.2) is 0 Å². The molecule has 0 saturated carbocycles. The molecule has 0 radical (unpaired) electrons. The van der Waals surface area contributed by atoms with Gasteiger partial charge in [0, 0.05) is 31.3 Å². The van der Waals surface area contributed by atoms with Crippen molar-refractivity contribution in [3.63, 3.8) is 0 Å². The number of piperidine rings is 1. The zero-order valence-corrected chi connectivity index (χ0v) is 19.8. The Morgan fingerprint density at radius 2 is 1.89 bits per heavy atom. The van der Waals surface area contributed by atoms with Crippen LogP contribution in [0, 0.1) is 5.92 Å². The molecule has 6 rings (SSSR count). The van der Waals surface area contributed by atoms with E-state index in [1.807, 2.05) is 24.4 Å². The summed E-state index contributed by atoms with van der Waals surface area (Å²) >= 11 is 0. The average Bonchev–Trinajstić information content (AvgIpc) is 2.90. The number of hydrogen-bond donors (Lipinski definition) is 1. The van der Waals surface area contributed by atoms with Crippen LogP contribution in [0.5, 0.6) is 5.88 Å². The third-order valence-electron chi connectivity index (χ3n) is 7.24. The summed E-state index contributed by atoms with van der Waals surface area (Å²) in [5, 5.41) is 10.6. The number of aromatic nitrogens is 3. The first-order chi connectivity index (χ1) is 17.3. The molecule has 1 aromatic carbocycles. The fraction of sp³-hybridized carbons (Fsp3) is 0.444. The fourth-order valence-electron chi connectivity index (χ4n) is 5.00. The number of anilines is 2. The molecule has 1 N–H and O–H groups in total. The summed E-state index contributed by atoms with van der Waals surface area (Å²) in [6.45, 7) is 4.81. The minimum Gasteiger partial charge on any atom is -0.470 e. The summed E-state index contributed by atoms with van der Waals surface area (Å²) in [4.78, 5) is 18.9. The Hall–Kier alpha value is -3.23. The van der Waals surface area contributed by atoms with Crippen molar-refractivity contribution in [1.29, 1.82) is 0 Å². The molecule has 2 saturated heterocycles. The van der Waals surface area contributed by atoms with Crippen molar-refractivity contribution in [2.75, 3.05) is 55.8 Å². The maximum atomic E-state index is 9.47. The molecule has 0 spiro atoms. The molecule has 2 fully saturated rings. The predicted molar refractivity (Wildman–Crippen MR) is 136 cm³/mol. The summed E-state index contributed by atoms with van der Waals surface area (Å²) in [5.74, 6) is 2.72. The standard InChI is InChI=1S/C27H31N5O3/c33-18-19-7-11-31(12-8-19)27-28-15-23(20-9-13-34-14-10-20)26(30-27)35-22-16-32(17-22)25-6-5-21-3-1-2-4-24(21)29-25/h1-6,9,15,19,22,33H,7-8,10-14,16-18H2. The highest BCUT2D eigenvalue weighted by molar-refractivity contribution is 5.80. The number of para-hydroxylation sites is 1. The summed E-state index contributed by atoms with van der Waals surface area (Å²) in [7, 11) is 0. The Labute approximate surface area is 205 Å². The number of benzene rings is 1. The Balaban J connectivity index is 1.19. The molecule has 0 unspecified atom stereocenters. The highest BCUT2D eigenvalue weighted by Gasteiger charge is 2.32. The molecule has 3 aliphatic heterocycles. The van der Waals surface area contributed by atoms with Gasteiger partial charge in [-0.3, -0.25) is 0 Å². The minimum absolute atomic E-state index is 0.0466. The fourth-order valence-corrected chi connectivity index (χ4v) is 5.00. The zero-order chi connectivity index (χ0) is 23.6. The Bertz CT molecular complexity index is 1220. The second kappa shape index (κ2) is 9.79. The molecule has 0 atom stereocenters. The van der Waals surface area contributed by atoms with Crippen LogP contribution in [-0.4, -0.2) is 72.2 Å². The summed E-state index contributed by atoms with van der Waals surface area (Å²) in [6, 6.07) is 12.4. The lowest BCUT2D eigenvalue weighted by molar-refractivity contribution is 0.156. The van der Waals surface area contributed by atoms with Crippen LogP contribution in [0.1, 0.15) is 24.8 Å². The number of rotatable bonds is 6. The van der Waals surface area contributed by atoms with Crippen molar-refractivity contribution in [1.82, 2.24) is 15.0 Å². The lowest BCUT2D eigenvalue weighted by Gasteiger charge is -2.40. The number of pyridine rings is 1. The van der Waals surface area contributed by atoms with Crippen LogP contribution < -0.4 is 14.5 Å². The quantitative estimate of drug-likeness (QED) is 0.584. The number of fused-ring (bicyclic) bond motifs is 1. The molecule has 182 valence electrons. The summed E-state index contributed by atoms with van der Waals surface area (Å²) in [6.07, 6.45) is 6.80. The van der Waals surface area contributed by atoms with Gasteiger partial charge in [-0.05, 0) is 49.0 Å². The second-order valence-electron chi connectivity index (χ2n) is 9.56. The molecule has 3 aromatic rings. The first-order valence-corrected chi connectivity index (χ1v) is 12.5. The van der Waals surface area contributed by atoms with E-state index >= 15 is 0 Å². The largest absolute Gasteiger partial charge is 0.470 e. The van der Waals surface area contributed by atoms with Gasteiger partial charge >= 0.3 is 0 Å². The number of aliphatic hydroxyl groups excluding tert-OH is 1. The van der Waals surface area contributed by atoms with Gasteiger partial charge in [0.2, 0.25) is 11.8 Å². The van der Waals surface area contributed by atoms with E-state index in [0.29, 0.717) is 31.0 Å². The molecule has 0 amide bonds. The smallest absolute Gasteiger partial charge is 0.228 e. The van der Waals surface area contributed by atoms with Crippen LogP contribution in [0.4, 0.5) is 11.8 Å². The number of ether oxygens (including phenoxy) is 2. The molecular weight excluding hydrogens is 442 g/mol. The molecule has 8 heteroatoms. The van der Waals surface area contributed by atoms with Gasteiger partial charge in [-0.25, -0.2) is 9.97 Å². The molecular formula is C27H31N5O3. The SMILES string of the molecule is OCC1CCN(c2ncc(C3=CCOCC3)c(OC3CN(c4ccc5ccccc5n4)C3)n2)CC1. The van der Waals surface area contributed by atoms with Crippen LogP contribution in [-0.2, 0) is 4.74 Å². The summed E-state index contributed by atoms with van der Waals surface area (Å²) in [5.41, 5.74) is 3.15. The first-order valence-electron chi connectivity index (χ1n) is 12.5. The van der Waals surface area contributed by atoms with Crippen molar-refractivity contribution in [2.24, 2.45) is 5.92 Å². The predicted octanol–water partition coefficient (Wildman–Crippen LogP) is 3.30. The highest BCUT2D eigenvalue weighted by Crippen LogP contribution is 2.33. The number of aliphatic hydroxyl groups is 1.